The molecular weight excluding hydrogens is 396 g/mol. The van der Waals surface area contributed by atoms with E-state index in [1.165, 1.54) is 18.2 Å². The molecule has 0 bridgehead atoms. The summed E-state index contributed by atoms with van der Waals surface area (Å²) in [7, 11) is 5.44. The van der Waals surface area contributed by atoms with Crippen LogP contribution in [0.15, 0.2) is 36.0 Å². The second-order valence-corrected chi connectivity index (χ2v) is 7.81. The van der Waals surface area contributed by atoms with Crippen molar-refractivity contribution in [3.05, 3.63) is 58.7 Å². The molecule has 1 atom stereocenters. The van der Waals surface area contributed by atoms with Crippen LogP contribution in [0.1, 0.15) is 35.1 Å². The van der Waals surface area contributed by atoms with E-state index in [1.807, 2.05) is 31.1 Å². The van der Waals surface area contributed by atoms with Crippen LogP contribution in [-0.2, 0) is 9.59 Å². The second kappa shape index (κ2) is 9.26. The van der Waals surface area contributed by atoms with E-state index in [0.29, 0.717) is 41.4 Å². The number of carbonyl (C=O) groups is 2. The van der Waals surface area contributed by atoms with Gasteiger partial charge < -0.3 is 19.6 Å². The molecule has 1 aromatic carbocycles. The molecule has 1 aliphatic heterocycles. The SMILES string of the molecule is COc1ccccc1[C@H]1C(=C(O)c2cnc(C)nc2C)C(=O)C(=O)N1CCCN(C)C. The van der Waals surface area contributed by atoms with E-state index >= 15 is 0 Å². The largest absolute Gasteiger partial charge is 0.507 e. The molecule has 31 heavy (non-hydrogen) atoms. The Morgan fingerprint density at radius 3 is 2.58 bits per heavy atom. The first-order chi connectivity index (χ1) is 14.8. The number of hydrogen-bond acceptors (Lipinski definition) is 7. The number of aliphatic hydroxyl groups is 1. The van der Waals surface area contributed by atoms with Gasteiger partial charge in [0.2, 0.25) is 0 Å². The van der Waals surface area contributed by atoms with Crippen LogP contribution < -0.4 is 4.74 Å². The average molecular weight is 425 g/mol. The summed E-state index contributed by atoms with van der Waals surface area (Å²) in [5.74, 6) is -0.545. The lowest BCUT2D eigenvalue weighted by Gasteiger charge is -2.27. The topological polar surface area (TPSA) is 95.9 Å². The minimum atomic E-state index is -0.765. The summed E-state index contributed by atoms with van der Waals surface area (Å²) in [5, 5.41) is 11.2. The summed E-state index contributed by atoms with van der Waals surface area (Å²) in [4.78, 5) is 38.0. The smallest absolute Gasteiger partial charge is 0.295 e. The molecular formula is C23H28N4O4. The van der Waals surface area contributed by atoms with Crippen LogP contribution in [-0.4, -0.2) is 70.9 Å². The summed E-state index contributed by atoms with van der Waals surface area (Å²) >= 11 is 0. The molecule has 0 unspecified atom stereocenters. The number of benzene rings is 1. The number of likely N-dealkylation sites (tertiary alicyclic amines) is 1. The van der Waals surface area contributed by atoms with Crippen molar-refractivity contribution in [3.63, 3.8) is 0 Å². The van der Waals surface area contributed by atoms with E-state index in [9.17, 15) is 14.7 Å². The number of Topliss-reactive ketones (excluding diaryl/α,β-unsaturated/α-hetero) is 1. The van der Waals surface area contributed by atoms with E-state index in [2.05, 4.69) is 9.97 Å². The molecule has 1 saturated heterocycles. The van der Waals surface area contributed by atoms with Crippen LogP contribution in [0.4, 0.5) is 0 Å². The number of aromatic nitrogens is 2. The van der Waals surface area contributed by atoms with E-state index in [-0.39, 0.29) is 11.3 Å². The second-order valence-electron chi connectivity index (χ2n) is 7.81. The summed E-state index contributed by atoms with van der Waals surface area (Å²) in [6.45, 7) is 4.60. The number of carbonyl (C=O) groups excluding carboxylic acids is 2. The molecule has 2 heterocycles. The highest BCUT2D eigenvalue weighted by Crippen LogP contribution is 2.42. The fraction of sp³-hybridized carbons (Fsp3) is 0.391. The molecule has 1 aromatic heterocycles. The summed E-state index contributed by atoms with van der Waals surface area (Å²) in [5.41, 5.74) is 1.52. The van der Waals surface area contributed by atoms with Crippen LogP contribution in [0.5, 0.6) is 5.75 Å². The molecule has 0 spiro atoms. The van der Waals surface area contributed by atoms with E-state index in [4.69, 9.17) is 4.74 Å². The van der Waals surface area contributed by atoms with Crippen molar-refractivity contribution in [2.75, 3.05) is 34.3 Å². The Hall–Kier alpha value is -3.26. The predicted octanol–water partition coefficient (Wildman–Crippen LogP) is 2.48. The predicted molar refractivity (Wildman–Crippen MR) is 117 cm³/mol. The van der Waals surface area contributed by atoms with Crippen molar-refractivity contribution >= 4 is 17.4 Å². The first-order valence-corrected chi connectivity index (χ1v) is 10.1. The van der Waals surface area contributed by atoms with Crippen molar-refractivity contribution in [2.24, 2.45) is 0 Å². The van der Waals surface area contributed by atoms with E-state index in [0.717, 1.165) is 6.54 Å². The Kier molecular flexibility index (Phi) is 6.70. The van der Waals surface area contributed by atoms with Crippen LogP contribution in [0.3, 0.4) is 0 Å². The van der Waals surface area contributed by atoms with Gasteiger partial charge in [0.05, 0.1) is 30.0 Å². The molecule has 0 radical (unpaired) electrons. The lowest BCUT2D eigenvalue weighted by molar-refractivity contribution is -0.140. The number of amides is 1. The maximum Gasteiger partial charge on any atom is 0.295 e. The van der Waals surface area contributed by atoms with Gasteiger partial charge in [-0.2, -0.15) is 0 Å². The van der Waals surface area contributed by atoms with Gasteiger partial charge in [-0.25, -0.2) is 9.97 Å². The van der Waals surface area contributed by atoms with Crippen LogP contribution in [0, 0.1) is 13.8 Å². The molecule has 1 N–H and O–H groups in total. The fourth-order valence-corrected chi connectivity index (χ4v) is 3.84. The number of methoxy groups -OCH3 is 1. The first-order valence-electron chi connectivity index (χ1n) is 10.1. The molecule has 0 saturated carbocycles. The maximum absolute atomic E-state index is 13.1. The number of para-hydroxylation sites is 1. The lowest BCUT2D eigenvalue weighted by atomic mass is 9.94. The van der Waals surface area contributed by atoms with Crippen molar-refractivity contribution in [1.29, 1.82) is 0 Å². The van der Waals surface area contributed by atoms with Gasteiger partial charge >= 0.3 is 0 Å². The highest BCUT2D eigenvalue weighted by Gasteiger charge is 2.47. The Labute approximate surface area is 182 Å². The van der Waals surface area contributed by atoms with Gasteiger partial charge in [0.15, 0.2) is 0 Å². The first kappa shape index (κ1) is 22.4. The molecule has 8 nitrogen and oxygen atoms in total. The zero-order chi connectivity index (χ0) is 22.7. The monoisotopic (exact) mass is 424 g/mol. The van der Waals surface area contributed by atoms with Gasteiger partial charge in [0, 0.05) is 18.3 Å². The quantitative estimate of drug-likeness (QED) is 0.414. The number of nitrogens with zero attached hydrogens (tertiary/aromatic N) is 4. The third-order valence-electron chi connectivity index (χ3n) is 5.33. The Balaban J connectivity index is 2.17. The zero-order valence-corrected chi connectivity index (χ0v) is 18.5. The fourth-order valence-electron chi connectivity index (χ4n) is 3.84. The van der Waals surface area contributed by atoms with E-state index in [1.54, 1.807) is 26.0 Å². The van der Waals surface area contributed by atoms with Crippen molar-refractivity contribution in [3.8, 4) is 5.75 Å². The minimum absolute atomic E-state index is 0.0231. The number of ether oxygens (including phenoxy) is 1. The molecule has 8 heteroatoms. The highest BCUT2D eigenvalue weighted by molar-refractivity contribution is 6.46. The van der Waals surface area contributed by atoms with Crippen LogP contribution >= 0.6 is 0 Å². The van der Waals surface area contributed by atoms with Gasteiger partial charge in [0.1, 0.15) is 17.3 Å². The third-order valence-corrected chi connectivity index (χ3v) is 5.33. The molecule has 1 fully saturated rings. The zero-order valence-electron chi connectivity index (χ0n) is 18.5. The number of hydrogen-bond donors (Lipinski definition) is 1. The highest BCUT2D eigenvalue weighted by atomic mass is 16.5. The molecule has 1 aliphatic rings. The minimum Gasteiger partial charge on any atom is -0.507 e. The van der Waals surface area contributed by atoms with Crippen molar-refractivity contribution in [1.82, 2.24) is 19.8 Å². The van der Waals surface area contributed by atoms with Gasteiger partial charge in [-0.3, -0.25) is 9.59 Å². The van der Waals surface area contributed by atoms with Gasteiger partial charge in [0.25, 0.3) is 11.7 Å². The number of aliphatic hydroxyl groups excluding tert-OH is 1. The van der Waals surface area contributed by atoms with Crippen molar-refractivity contribution < 1.29 is 19.4 Å². The molecule has 1 amide bonds. The summed E-state index contributed by atoms with van der Waals surface area (Å²) < 4.78 is 5.51. The van der Waals surface area contributed by atoms with Gasteiger partial charge in [-0.1, -0.05) is 18.2 Å². The summed E-state index contributed by atoms with van der Waals surface area (Å²) in [6, 6.07) is 6.45. The maximum atomic E-state index is 13.1. The summed E-state index contributed by atoms with van der Waals surface area (Å²) in [6.07, 6.45) is 2.16. The third kappa shape index (κ3) is 4.44. The number of rotatable bonds is 7. The molecule has 2 aromatic rings. The van der Waals surface area contributed by atoms with Crippen LogP contribution in [0.25, 0.3) is 5.76 Å². The normalized spacial score (nSPS) is 18.1. The number of aryl methyl sites for hydroxylation is 2. The van der Waals surface area contributed by atoms with Crippen LogP contribution in [0.2, 0.25) is 0 Å². The average Bonchev–Trinajstić information content (AvgIpc) is 2.98. The standard InChI is InChI=1S/C23H28N4O4/c1-14-17(13-24-15(2)25-14)21(28)19-20(16-9-6-7-10-18(16)31-5)27(23(30)22(19)29)12-8-11-26(3)4/h6-7,9-10,13,20,28H,8,11-12H2,1-5H3/t20-/m0/s1. The number of ketones is 1. The Morgan fingerprint density at radius 1 is 1.23 bits per heavy atom. The Bertz CT molecular complexity index is 1030. The van der Waals surface area contributed by atoms with Crippen molar-refractivity contribution in [2.45, 2.75) is 26.3 Å². The lowest BCUT2D eigenvalue weighted by Crippen LogP contribution is -2.32. The van der Waals surface area contributed by atoms with Gasteiger partial charge in [-0.15, -0.1) is 0 Å². The molecule has 3 rings (SSSR count). The van der Waals surface area contributed by atoms with E-state index < -0.39 is 17.7 Å². The molecule has 164 valence electrons. The molecule has 0 aliphatic carbocycles. The van der Waals surface area contributed by atoms with Gasteiger partial charge in [-0.05, 0) is 47.0 Å². The Morgan fingerprint density at radius 2 is 1.94 bits per heavy atom.